The van der Waals surface area contributed by atoms with Crippen molar-refractivity contribution in [1.82, 2.24) is 0 Å². The van der Waals surface area contributed by atoms with Gasteiger partial charge >= 0.3 is 17.1 Å². The minimum atomic E-state index is -2.51. The summed E-state index contributed by atoms with van der Waals surface area (Å²) in [5.74, 6) is 0. The summed E-state index contributed by atoms with van der Waals surface area (Å²) < 4.78 is 19.0. The first-order valence-electron chi connectivity index (χ1n) is 8.09. The van der Waals surface area contributed by atoms with E-state index in [-0.39, 0.29) is 11.1 Å². The Morgan fingerprint density at radius 2 is 1.14 bits per heavy atom. The molecule has 2 unspecified atom stereocenters. The lowest BCUT2D eigenvalue weighted by Crippen LogP contribution is -2.57. The number of hydrogen-bond donors (Lipinski definition) is 0. The highest BCUT2D eigenvalue weighted by atomic mass is 28.5. The van der Waals surface area contributed by atoms with Crippen molar-refractivity contribution in [3.05, 3.63) is 24.6 Å². The lowest BCUT2D eigenvalue weighted by Gasteiger charge is -2.41. The van der Waals surface area contributed by atoms with E-state index in [1.165, 1.54) is 0 Å². The van der Waals surface area contributed by atoms with Crippen LogP contribution in [0.2, 0.25) is 11.1 Å². The molecule has 0 amide bonds. The van der Waals surface area contributed by atoms with Crippen LogP contribution < -0.4 is 0 Å². The molecule has 0 bridgehead atoms. The lowest BCUT2D eigenvalue weighted by atomic mass is 10.5. The molecule has 0 fully saturated rings. The van der Waals surface area contributed by atoms with Gasteiger partial charge in [0.1, 0.15) is 0 Å². The molecule has 0 aromatic rings. The fourth-order valence-electron chi connectivity index (χ4n) is 2.07. The van der Waals surface area contributed by atoms with E-state index in [2.05, 4.69) is 54.7 Å². The van der Waals surface area contributed by atoms with Gasteiger partial charge in [-0.05, 0) is 12.8 Å². The molecule has 0 N–H and O–H groups in total. The summed E-state index contributed by atoms with van der Waals surface area (Å²) >= 11 is 0. The summed E-state index contributed by atoms with van der Waals surface area (Å²) in [4.78, 5) is 0. The van der Waals surface area contributed by atoms with E-state index in [0.29, 0.717) is 13.2 Å². The molecule has 0 aliphatic heterocycles. The normalized spacial score (nSPS) is 17.5. The molecule has 0 heterocycles. The average Bonchev–Trinajstić information content (AvgIpc) is 2.46. The monoisotopic (exact) mass is 330 g/mol. The molecular formula is C16H34O3Si2. The highest BCUT2D eigenvalue weighted by molar-refractivity contribution is 6.87. The van der Waals surface area contributed by atoms with Crippen molar-refractivity contribution in [2.45, 2.75) is 65.5 Å². The maximum Gasteiger partial charge on any atom is 0.358 e. The van der Waals surface area contributed by atoms with Crippen LogP contribution in [0.15, 0.2) is 24.6 Å². The maximum absolute atomic E-state index is 6.65. The molecule has 0 rings (SSSR count). The van der Waals surface area contributed by atoms with E-state index < -0.39 is 17.1 Å². The highest BCUT2D eigenvalue weighted by Gasteiger charge is 2.50. The highest BCUT2D eigenvalue weighted by Crippen LogP contribution is 2.34. The van der Waals surface area contributed by atoms with Gasteiger partial charge in [-0.1, -0.05) is 52.9 Å². The van der Waals surface area contributed by atoms with Crippen molar-refractivity contribution in [3.63, 3.8) is 0 Å². The van der Waals surface area contributed by atoms with Crippen LogP contribution in [-0.2, 0) is 13.0 Å². The minimum absolute atomic E-state index is 0.289. The van der Waals surface area contributed by atoms with Crippen LogP contribution >= 0.6 is 0 Å². The zero-order valence-corrected chi connectivity index (χ0v) is 16.8. The van der Waals surface area contributed by atoms with Crippen LogP contribution in [0.1, 0.15) is 54.4 Å². The molecule has 2 atom stereocenters. The van der Waals surface area contributed by atoms with Gasteiger partial charge in [-0.25, -0.2) is 0 Å². The Labute approximate surface area is 133 Å². The van der Waals surface area contributed by atoms with Gasteiger partial charge in [0, 0.05) is 24.3 Å². The summed E-state index contributed by atoms with van der Waals surface area (Å²) in [5, 5.41) is 0. The third kappa shape index (κ3) is 5.49. The molecule has 0 aromatic carbocycles. The van der Waals surface area contributed by atoms with E-state index in [4.69, 9.17) is 13.0 Å². The molecule has 0 radical (unpaired) electrons. The molecule has 0 saturated heterocycles. The molecule has 0 aliphatic carbocycles. The summed E-state index contributed by atoms with van der Waals surface area (Å²) in [6, 6.07) is 0. The zero-order valence-electron chi connectivity index (χ0n) is 14.8. The van der Waals surface area contributed by atoms with Gasteiger partial charge < -0.3 is 13.0 Å². The van der Waals surface area contributed by atoms with Crippen LogP contribution in [0.5, 0.6) is 0 Å². The predicted molar refractivity (Wildman–Crippen MR) is 95.7 cm³/mol. The second kappa shape index (κ2) is 9.74. The Morgan fingerprint density at radius 3 is 1.33 bits per heavy atom. The second-order valence-corrected chi connectivity index (χ2v) is 13.4. The maximum atomic E-state index is 6.65. The van der Waals surface area contributed by atoms with Crippen LogP contribution in [0, 0.1) is 0 Å². The van der Waals surface area contributed by atoms with Crippen molar-refractivity contribution in [2.24, 2.45) is 0 Å². The van der Waals surface area contributed by atoms with Gasteiger partial charge in [-0.3, -0.25) is 0 Å². The minimum Gasteiger partial charge on any atom is -0.408 e. The average molecular weight is 331 g/mol. The van der Waals surface area contributed by atoms with E-state index in [0.717, 1.165) is 12.8 Å². The fourth-order valence-corrected chi connectivity index (χ4v) is 9.98. The quantitative estimate of drug-likeness (QED) is 0.471. The van der Waals surface area contributed by atoms with E-state index >= 15 is 0 Å². The third-order valence-corrected chi connectivity index (χ3v) is 11.8. The first kappa shape index (κ1) is 20.8. The summed E-state index contributed by atoms with van der Waals surface area (Å²) in [7, 11) is -5.02. The van der Waals surface area contributed by atoms with Crippen molar-refractivity contribution in [1.29, 1.82) is 0 Å². The first-order chi connectivity index (χ1) is 9.84. The van der Waals surface area contributed by atoms with Crippen molar-refractivity contribution >= 4 is 17.1 Å². The molecule has 3 nitrogen and oxygen atoms in total. The van der Waals surface area contributed by atoms with Crippen LogP contribution in [0.25, 0.3) is 0 Å². The van der Waals surface area contributed by atoms with E-state index in [1.807, 2.05) is 11.4 Å². The Bertz CT molecular complexity index is 291. The molecule has 124 valence electrons. The SMILES string of the molecule is C=C[Si](OCCC)(O[Si](C=C)(OCCC)C(C)C)C(C)C. The van der Waals surface area contributed by atoms with E-state index in [9.17, 15) is 0 Å². The summed E-state index contributed by atoms with van der Waals surface area (Å²) in [6.45, 7) is 22.2. The predicted octanol–water partition coefficient (Wildman–Crippen LogP) is 5.01. The van der Waals surface area contributed by atoms with Gasteiger partial charge in [0.25, 0.3) is 0 Å². The third-order valence-electron chi connectivity index (χ3n) is 3.56. The number of rotatable bonds is 12. The first-order valence-corrected chi connectivity index (χ1v) is 12.0. The molecule has 0 aliphatic rings. The molecule has 21 heavy (non-hydrogen) atoms. The Kier molecular flexibility index (Phi) is 9.64. The van der Waals surface area contributed by atoms with Crippen molar-refractivity contribution in [2.75, 3.05) is 13.2 Å². The topological polar surface area (TPSA) is 27.7 Å². The van der Waals surface area contributed by atoms with E-state index in [1.54, 1.807) is 0 Å². The fraction of sp³-hybridized carbons (Fsp3) is 0.750. The molecule has 0 aromatic heterocycles. The summed E-state index contributed by atoms with van der Waals surface area (Å²) in [6.07, 6.45) is 1.94. The molecule has 0 saturated carbocycles. The Hall–Kier alpha value is -0.206. The largest absolute Gasteiger partial charge is 0.408 e. The van der Waals surface area contributed by atoms with Gasteiger partial charge in [0.05, 0.1) is 0 Å². The van der Waals surface area contributed by atoms with Crippen molar-refractivity contribution in [3.8, 4) is 0 Å². The van der Waals surface area contributed by atoms with Gasteiger partial charge in [-0.2, -0.15) is 0 Å². The standard InChI is InChI=1S/C16H34O3Si2/c1-9-13-17-20(11-3,15(5)6)19-21(12-4,16(7)8)18-14-10-2/h11-12,15-16H,3-4,9-10,13-14H2,1-2,5-8H3. The smallest absolute Gasteiger partial charge is 0.358 e. The second-order valence-electron chi connectivity index (χ2n) is 5.96. The number of hydrogen-bond acceptors (Lipinski definition) is 3. The molecule has 5 heteroatoms. The Morgan fingerprint density at radius 1 is 0.810 bits per heavy atom. The van der Waals surface area contributed by atoms with Crippen LogP contribution in [0.3, 0.4) is 0 Å². The zero-order chi connectivity index (χ0) is 16.5. The lowest BCUT2D eigenvalue weighted by molar-refractivity contribution is 0.185. The van der Waals surface area contributed by atoms with Crippen molar-refractivity contribution < 1.29 is 13.0 Å². The molecular weight excluding hydrogens is 296 g/mol. The Balaban J connectivity index is 5.46. The van der Waals surface area contributed by atoms with Crippen LogP contribution in [-0.4, -0.2) is 30.3 Å². The summed E-state index contributed by atoms with van der Waals surface area (Å²) in [5.41, 5.74) is 4.40. The van der Waals surface area contributed by atoms with Gasteiger partial charge in [-0.15, -0.1) is 13.2 Å². The van der Waals surface area contributed by atoms with Gasteiger partial charge in [0.2, 0.25) is 0 Å². The van der Waals surface area contributed by atoms with Crippen LogP contribution in [0.4, 0.5) is 0 Å². The molecule has 0 spiro atoms. The van der Waals surface area contributed by atoms with Gasteiger partial charge in [0.15, 0.2) is 0 Å².